The highest BCUT2D eigenvalue weighted by Crippen LogP contribution is 2.31. The normalized spacial score (nSPS) is 19.7. The van der Waals surface area contributed by atoms with Gasteiger partial charge in [0, 0.05) is 5.92 Å². The molecule has 1 aromatic carbocycles. The molecule has 1 atom stereocenters. The van der Waals surface area contributed by atoms with Crippen LogP contribution in [0.1, 0.15) is 49.8 Å². The lowest BCUT2D eigenvalue weighted by Crippen LogP contribution is -2.47. The van der Waals surface area contributed by atoms with Gasteiger partial charge in [-0.2, -0.15) is 5.26 Å². The summed E-state index contributed by atoms with van der Waals surface area (Å²) in [5.41, 5.74) is 0.857. The highest BCUT2D eigenvalue weighted by Gasteiger charge is 2.45. The Balaban J connectivity index is 1.61. The summed E-state index contributed by atoms with van der Waals surface area (Å²) in [6.07, 6.45) is 6.21. The lowest BCUT2D eigenvalue weighted by molar-refractivity contribution is -0.143. The topological polar surface area (TPSA) is 94.6 Å². The predicted octanol–water partition coefficient (Wildman–Crippen LogP) is 3.39. The largest absolute Gasteiger partial charge is 0.467 e. The van der Waals surface area contributed by atoms with Gasteiger partial charge in [0.2, 0.25) is 11.8 Å². The van der Waals surface area contributed by atoms with E-state index >= 15 is 0 Å². The average Bonchev–Trinajstić information content (AvgIpc) is 3.40. The molecule has 1 aliphatic carbocycles. The van der Waals surface area contributed by atoms with E-state index in [1.165, 1.54) is 11.2 Å². The number of benzene rings is 1. The molecule has 1 aromatic heterocycles. The van der Waals surface area contributed by atoms with Crippen molar-refractivity contribution in [3.63, 3.8) is 0 Å². The molecule has 3 amide bonds. The third kappa shape index (κ3) is 3.86. The second kappa shape index (κ2) is 8.54. The molecule has 0 N–H and O–H groups in total. The van der Waals surface area contributed by atoms with E-state index in [1.807, 2.05) is 6.07 Å². The third-order valence-corrected chi connectivity index (χ3v) is 5.90. The summed E-state index contributed by atoms with van der Waals surface area (Å²) in [5, 5.41) is 8.97. The molecule has 1 aliphatic heterocycles. The molecule has 2 heterocycles. The summed E-state index contributed by atoms with van der Waals surface area (Å²) in [6, 6.07) is 11.0. The van der Waals surface area contributed by atoms with Crippen LogP contribution in [0.15, 0.2) is 47.1 Å². The van der Waals surface area contributed by atoms with E-state index in [4.69, 9.17) is 9.68 Å². The number of nitriles is 1. The van der Waals surface area contributed by atoms with Gasteiger partial charge in [0.1, 0.15) is 11.8 Å². The van der Waals surface area contributed by atoms with E-state index in [0.29, 0.717) is 17.0 Å². The van der Waals surface area contributed by atoms with E-state index < -0.39 is 11.9 Å². The standard InChI is InChI=1S/C23H23N3O4/c24-14-16-8-10-18(11-9-16)26-21(27)13-20(23(26)29)25(15-19-7-4-12-30-19)22(28)17-5-2-1-3-6-17/h4,7-12,17,20H,1-3,5-6,13,15H2. The molecule has 1 saturated carbocycles. The first-order valence-electron chi connectivity index (χ1n) is 10.3. The van der Waals surface area contributed by atoms with Crippen molar-refractivity contribution in [3.05, 3.63) is 54.0 Å². The Morgan fingerprint density at radius 2 is 1.87 bits per heavy atom. The first-order chi connectivity index (χ1) is 14.6. The number of amides is 3. The van der Waals surface area contributed by atoms with Crippen molar-refractivity contribution >= 4 is 23.4 Å². The summed E-state index contributed by atoms with van der Waals surface area (Å²) >= 11 is 0. The molecular formula is C23H23N3O4. The van der Waals surface area contributed by atoms with Gasteiger partial charge in [-0.3, -0.25) is 14.4 Å². The maximum atomic E-state index is 13.4. The molecule has 2 aliphatic rings. The van der Waals surface area contributed by atoms with E-state index in [1.54, 1.807) is 36.4 Å². The predicted molar refractivity (Wildman–Crippen MR) is 108 cm³/mol. The van der Waals surface area contributed by atoms with Gasteiger partial charge in [-0.05, 0) is 49.2 Å². The Labute approximate surface area is 174 Å². The highest BCUT2D eigenvalue weighted by atomic mass is 16.3. The van der Waals surface area contributed by atoms with Crippen molar-refractivity contribution in [2.24, 2.45) is 5.92 Å². The Morgan fingerprint density at radius 3 is 2.50 bits per heavy atom. The molecule has 4 rings (SSSR count). The van der Waals surface area contributed by atoms with Crippen LogP contribution in [0.4, 0.5) is 5.69 Å². The first kappa shape index (κ1) is 19.9. The van der Waals surface area contributed by atoms with E-state index in [0.717, 1.165) is 37.0 Å². The van der Waals surface area contributed by atoms with Crippen molar-refractivity contribution in [3.8, 4) is 6.07 Å². The molecule has 2 fully saturated rings. The zero-order chi connectivity index (χ0) is 21.1. The van der Waals surface area contributed by atoms with Crippen LogP contribution in [0, 0.1) is 17.2 Å². The second-order valence-corrected chi connectivity index (χ2v) is 7.83. The molecule has 30 heavy (non-hydrogen) atoms. The minimum atomic E-state index is -0.854. The van der Waals surface area contributed by atoms with Gasteiger partial charge in [-0.25, -0.2) is 4.90 Å². The summed E-state index contributed by atoms with van der Waals surface area (Å²) in [5.74, 6) is -0.397. The zero-order valence-electron chi connectivity index (χ0n) is 16.6. The summed E-state index contributed by atoms with van der Waals surface area (Å²) in [7, 11) is 0. The van der Waals surface area contributed by atoms with Gasteiger partial charge in [-0.1, -0.05) is 19.3 Å². The molecular weight excluding hydrogens is 382 g/mol. The Bertz CT molecular complexity index is 969. The Hall–Kier alpha value is -3.40. The molecule has 1 unspecified atom stereocenters. The van der Waals surface area contributed by atoms with Crippen LogP contribution in [0.2, 0.25) is 0 Å². The smallest absolute Gasteiger partial charge is 0.257 e. The zero-order valence-corrected chi connectivity index (χ0v) is 16.6. The number of imide groups is 1. The number of hydrogen-bond donors (Lipinski definition) is 0. The fourth-order valence-electron chi connectivity index (χ4n) is 4.31. The third-order valence-electron chi connectivity index (χ3n) is 5.90. The van der Waals surface area contributed by atoms with Crippen molar-refractivity contribution < 1.29 is 18.8 Å². The van der Waals surface area contributed by atoms with Crippen LogP contribution < -0.4 is 4.90 Å². The number of nitrogens with zero attached hydrogens (tertiary/aromatic N) is 3. The minimum Gasteiger partial charge on any atom is -0.467 e. The number of carbonyl (C=O) groups excluding carboxylic acids is 3. The molecule has 7 heteroatoms. The fraction of sp³-hybridized carbons (Fsp3) is 0.391. The van der Waals surface area contributed by atoms with Crippen molar-refractivity contribution in [2.75, 3.05) is 4.90 Å². The van der Waals surface area contributed by atoms with Gasteiger partial charge in [0.25, 0.3) is 5.91 Å². The van der Waals surface area contributed by atoms with Crippen LogP contribution in [-0.2, 0) is 20.9 Å². The summed E-state index contributed by atoms with van der Waals surface area (Å²) in [6.45, 7) is 0.160. The lowest BCUT2D eigenvalue weighted by atomic mass is 9.88. The number of rotatable bonds is 5. The van der Waals surface area contributed by atoms with Crippen LogP contribution in [0.3, 0.4) is 0 Å². The van der Waals surface area contributed by atoms with E-state index in [-0.39, 0.29) is 30.7 Å². The van der Waals surface area contributed by atoms with Crippen LogP contribution >= 0.6 is 0 Å². The number of furan rings is 1. The lowest BCUT2D eigenvalue weighted by Gasteiger charge is -2.32. The maximum absolute atomic E-state index is 13.4. The molecule has 0 radical (unpaired) electrons. The second-order valence-electron chi connectivity index (χ2n) is 7.83. The van der Waals surface area contributed by atoms with Gasteiger partial charge < -0.3 is 9.32 Å². The Morgan fingerprint density at radius 1 is 1.13 bits per heavy atom. The monoisotopic (exact) mass is 405 g/mol. The molecule has 1 saturated heterocycles. The van der Waals surface area contributed by atoms with Gasteiger partial charge >= 0.3 is 0 Å². The minimum absolute atomic E-state index is 0.0575. The molecule has 7 nitrogen and oxygen atoms in total. The fourth-order valence-corrected chi connectivity index (χ4v) is 4.31. The first-order valence-corrected chi connectivity index (χ1v) is 10.3. The summed E-state index contributed by atoms with van der Waals surface area (Å²) in [4.78, 5) is 42.0. The van der Waals surface area contributed by atoms with E-state index in [9.17, 15) is 14.4 Å². The SMILES string of the molecule is N#Cc1ccc(N2C(=O)CC(N(Cc3ccco3)C(=O)C3CCCCC3)C2=O)cc1. The van der Waals surface area contributed by atoms with Gasteiger partial charge in [-0.15, -0.1) is 0 Å². The van der Waals surface area contributed by atoms with Crippen LogP contribution in [-0.4, -0.2) is 28.7 Å². The van der Waals surface area contributed by atoms with Crippen LogP contribution in [0.25, 0.3) is 0 Å². The Kier molecular flexibility index (Phi) is 5.66. The van der Waals surface area contributed by atoms with E-state index in [2.05, 4.69) is 0 Å². The number of carbonyl (C=O) groups is 3. The quantitative estimate of drug-likeness (QED) is 0.711. The van der Waals surface area contributed by atoms with Crippen molar-refractivity contribution in [1.29, 1.82) is 5.26 Å². The maximum Gasteiger partial charge on any atom is 0.257 e. The average molecular weight is 405 g/mol. The summed E-state index contributed by atoms with van der Waals surface area (Å²) < 4.78 is 5.43. The molecule has 154 valence electrons. The molecule has 0 spiro atoms. The molecule has 0 bridgehead atoms. The van der Waals surface area contributed by atoms with Crippen molar-refractivity contribution in [1.82, 2.24) is 4.90 Å². The number of hydrogen-bond acceptors (Lipinski definition) is 5. The van der Waals surface area contributed by atoms with Crippen molar-refractivity contribution in [2.45, 2.75) is 51.1 Å². The molecule has 2 aromatic rings. The highest BCUT2D eigenvalue weighted by molar-refractivity contribution is 6.23. The van der Waals surface area contributed by atoms with Crippen LogP contribution in [0.5, 0.6) is 0 Å². The van der Waals surface area contributed by atoms with Gasteiger partial charge in [0.05, 0.1) is 36.5 Å². The number of anilines is 1. The van der Waals surface area contributed by atoms with Gasteiger partial charge in [0.15, 0.2) is 0 Å².